The molecule has 1 fully saturated rings. The number of rotatable bonds is 6. The highest BCUT2D eigenvalue weighted by Crippen LogP contribution is 2.30. The molecule has 0 spiro atoms. The number of piperazine rings is 1. The van der Waals surface area contributed by atoms with E-state index in [4.69, 9.17) is 0 Å². The highest BCUT2D eigenvalue weighted by atomic mass is 32.2. The minimum absolute atomic E-state index is 0.0417. The van der Waals surface area contributed by atoms with Gasteiger partial charge in [0, 0.05) is 6.54 Å². The van der Waals surface area contributed by atoms with Crippen LogP contribution in [0, 0.1) is 0 Å². The second kappa shape index (κ2) is 6.16. The first kappa shape index (κ1) is 16.3. The Labute approximate surface area is 120 Å². The van der Waals surface area contributed by atoms with Gasteiger partial charge in [-0.05, 0) is 45.1 Å². The fourth-order valence-corrected chi connectivity index (χ4v) is 2.95. The first-order valence-corrected chi connectivity index (χ1v) is 8.38. The lowest BCUT2D eigenvalue weighted by Gasteiger charge is -2.49. The highest BCUT2D eigenvalue weighted by Gasteiger charge is 2.52. The van der Waals surface area contributed by atoms with Crippen LogP contribution >= 0.6 is 11.8 Å². The van der Waals surface area contributed by atoms with Gasteiger partial charge in [0.2, 0.25) is 11.8 Å². The van der Waals surface area contributed by atoms with E-state index < -0.39 is 11.1 Å². The van der Waals surface area contributed by atoms with Crippen LogP contribution in [-0.2, 0) is 9.59 Å². The third kappa shape index (κ3) is 2.91. The Morgan fingerprint density at radius 3 is 2.26 bits per heavy atom. The minimum atomic E-state index is -0.747. The number of hydrogen-bond acceptors (Lipinski definition) is 3. The molecule has 1 N–H and O–H groups in total. The maximum absolute atomic E-state index is 12.8. The molecule has 5 heteroatoms. The summed E-state index contributed by atoms with van der Waals surface area (Å²) in [5.41, 5.74) is -1.45. The minimum Gasteiger partial charge on any atom is -0.340 e. The van der Waals surface area contributed by atoms with Crippen molar-refractivity contribution < 1.29 is 9.59 Å². The number of carbonyl (C=O) groups is 2. The number of hydrogen-bond donors (Lipinski definition) is 1. The number of nitrogens with zero attached hydrogens (tertiary/aromatic N) is 1. The van der Waals surface area contributed by atoms with Gasteiger partial charge in [-0.2, -0.15) is 11.8 Å². The average molecular weight is 286 g/mol. The van der Waals surface area contributed by atoms with Crippen LogP contribution in [-0.4, -0.2) is 46.3 Å². The molecule has 0 aliphatic carbocycles. The fraction of sp³-hybridized carbons (Fsp3) is 0.857. The Balaban J connectivity index is 3.00. The average Bonchev–Trinajstić information content (AvgIpc) is 2.38. The molecule has 4 nitrogen and oxygen atoms in total. The van der Waals surface area contributed by atoms with E-state index in [0.29, 0.717) is 19.4 Å². The second-order valence-electron chi connectivity index (χ2n) is 5.61. The number of amides is 2. The van der Waals surface area contributed by atoms with Crippen LogP contribution in [0.25, 0.3) is 0 Å². The summed E-state index contributed by atoms with van der Waals surface area (Å²) in [5, 5.41) is 2.95. The Morgan fingerprint density at radius 1 is 1.21 bits per heavy atom. The molecule has 0 bridgehead atoms. The zero-order chi connectivity index (χ0) is 14.7. The maximum Gasteiger partial charge on any atom is 0.249 e. The standard InChI is InChI=1S/C14H26N2O2S/c1-6-14(7-2)12(18)16(9-8-10-19-5)13(3,4)11(17)15-14/h6-10H2,1-5H3,(H,15,17). The van der Waals surface area contributed by atoms with Gasteiger partial charge < -0.3 is 10.2 Å². The van der Waals surface area contributed by atoms with E-state index in [2.05, 4.69) is 11.6 Å². The summed E-state index contributed by atoms with van der Waals surface area (Å²) in [4.78, 5) is 26.9. The molecule has 110 valence electrons. The number of nitrogens with one attached hydrogen (secondary N) is 1. The number of carbonyl (C=O) groups excluding carboxylic acids is 2. The molecular formula is C14H26N2O2S. The predicted octanol–water partition coefficient (Wildman–Crippen LogP) is 2.04. The van der Waals surface area contributed by atoms with Crippen LogP contribution in [0.1, 0.15) is 47.0 Å². The van der Waals surface area contributed by atoms with Gasteiger partial charge in [-0.25, -0.2) is 0 Å². The monoisotopic (exact) mass is 286 g/mol. The summed E-state index contributed by atoms with van der Waals surface area (Å²) in [6, 6.07) is 0. The quantitative estimate of drug-likeness (QED) is 0.760. The van der Waals surface area contributed by atoms with E-state index in [1.54, 1.807) is 16.7 Å². The van der Waals surface area contributed by atoms with E-state index >= 15 is 0 Å². The van der Waals surface area contributed by atoms with E-state index in [9.17, 15) is 9.59 Å². The van der Waals surface area contributed by atoms with Crippen LogP contribution < -0.4 is 5.32 Å². The van der Waals surface area contributed by atoms with Gasteiger partial charge in [0.15, 0.2) is 0 Å². The lowest BCUT2D eigenvalue weighted by atomic mass is 9.83. The van der Waals surface area contributed by atoms with Gasteiger partial charge >= 0.3 is 0 Å². The summed E-state index contributed by atoms with van der Waals surface area (Å²) >= 11 is 1.77. The first-order valence-electron chi connectivity index (χ1n) is 6.99. The topological polar surface area (TPSA) is 49.4 Å². The van der Waals surface area contributed by atoms with Gasteiger partial charge in [0.25, 0.3) is 0 Å². The van der Waals surface area contributed by atoms with Crippen LogP contribution in [0.15, 0.2) is 0 Å². The Morgan fingerprint density at radius 2 is 1.79 bits per heavy atom. The Hall–Kier alpha value is -0.710. The summed E-state index contributed by atoms with van der Waals surface area (Å²) < 4.78 is 0. The molecule has 1 heterocycles. The molecule has 0 radical (unpaired) electrons. The van der Waals surface area contributed by atoms with Crippen molar-refractivity contribution in [2.45, 2.75) is 58.0 Å². The normalized spacial score (nSPS) is 21.4. The van der Waals surface area contributed by atoms with Crippen molar-refractivity contribution in [2.75, 3.05) is 18.6 Å². The Bertz CT molecular complexity index is 351. The highest BCUT2D eigenvalue weighted by molar-refractivity contribution is 7.98. The van der Waals surface area contributed by atoms with Crippen LogP contribution in [0.5, 0.6) is 0 Å². The molecule has 0 aromatic heterocycles. The van der Waals surface area contributed by atoms with Crippen molar-refractivity contribution in [3.63, 3.8) is 0 Å². The SMILES string of the molecule is CCC1(CC)NC(=O)C(C)(C)N(CCCSC)C1=O. The fourth-order valence-electron chi connectivity index (χ4n) is 2.54. The molecule has 0 saturated carbocycles. The predicted molar refractivity (Wildman–Crippen MR) is 80.2 cm³/mol. The van der Waals surface area contributed by atoms with Gasteiger partial charge in [-0.15, -0.1) is 0 Å². The zero-order valence-electron chi connectivity index (χ0n) is 12.7. The van der Waals surface area contributed by atoms with Crippen molar-refractivity contribution >= 4 is 23.6 Å². The largest absolute Gasteiger partial charge is 0.340 e. The van der Waals surface area contributed by atoms with Crippen molar-refractivity contribution in [3.8, 4) is 0 Å². The van der Waals surface area contributed by atoms with Crippen molar-refractivity contribution in [3.05, 3.63) is 0 Å². The van der Waals surface area contributed by atoms with Crippen molar-refractivity contribution in [2.24, 2.45) is 0 Å². The molecule has 1 aliphatic heterocycles. The van der Waals surface area contributed by atoms with E-state index in [1.807, 2.05) is 27.7 Å². The summed E-state index contributed by atoms with van der Waals surface area (Å²) in [5.74, 6) is 1.04. The zero-order valence-corrected chi connectivity index (χ0v) is 13.5. The molecular weight excluding hydrogens is 260 g/mol. The molecule has 1 rings (SSSR count). The van der Waals surface area contributed by atoms with E-state index in [0.717, 1.165) is 12.2 Å². The second-order valence-corrected chi connectivity index (χ2v) is 6.59. The van der Waals surface area contributed by atoms with Gasteiger partial charge in [-0.1, -0.05) is 13.8 Å². The van der Waals surface area contributed by atoms with E-state index in [-0.39, 0.29) is 11.8 Å². The van der Waals surface area contributed by atoms with Gasteiger partial charge in [-0.3, -0.25) is 9.59 Å². The van der Waals surface area contributed by atoms with Crippen LogP contribution in [0.3, 0.4) is 0 Å². The third-order valence-electron chi connectivity index (χ3n) is 4.18. The van der Waals surface area contributed by atoms with Crippen molar-refractivity contribution in [1.82, 2.24) is 10.2 Å². The molecule has 0 aromatic carbocycles. The smallest absolute Gasteiger partial charge is 0.249 e. The first-order chi connectivity index (χ1) is 8.85. The number of thioether (sulfide) groups is 1. The maximum atomic E-state index is 12.8. The third-order valence-corrected chi connectivity index (χ3v) is 4.87. The molecule has 0 atom stereocenters. The molecule has 1 aliphatic rings. The lowest BCUT2D eigenvalue weighted by molar-refractivity contribution is -0.161. The molecule has 0 unspecified atom stereocenters. The molecule has 1 saturated heterocycles. The summed E-state index contributed by atoms with van der Waals surface area (Å²) in [6.07, 6.45) is 4.26. The van der Waals surface area contributed by atoms with Gasteiger partial charge in [0.05, 0.1) is 0 Å². The van der Waals surface area contributed by atoms with Crippen LogP contribution in [0.4, 0.5) is 0 Å². The molecule has 2 amide bonds. The summed E-state index contributed by atoms with van der Waals surface area (Å²) in [7, 11) is 0. The van der Waals surface area contributed by atoms with Crippen LogP contribution in [0.2, 0.25) is 0 Å². The lowest BCUT2D eigenvalue weighted by Crippen LogP contribution is -2.73. The van der Waals surface area contributed by atoms with Gasteiger partial charge in [0.1, 0.15) is 11.1 Å². The van der Waals surface area contributed by atoms with E-state index in [1.165, 1.54) is 0 Å². The molecule has 0 aromatic rings. The Kier molecular flexibility index (Phi) is 5.30. The summed E-state index contributed by atoms with van der Waals surface area (Å²) in [6.45, 7) is 8.23. The van der Waals surface area contributed by atoms with Crippen molar-refractivity contribution in [1.29, 1.82) is 0 Å². The molecule has 19 heavy (non-hydrogen) atoms.